The molecule has 0 unspecified atom stereocenters. The summed E-state index contributed by atoms with van der Waals surface area (Å²) in [7, 11) is -4.05. The van der Waals surface area contributed by atoms with Gasteiger partial charge in [-0.3, -0.25) is 9.10 Å². The molecule has 1 N–H and O–H groups in total. The number of rotatable bonds is 5. The molecule has 0 radical (unpaired) electrons. The average Bonchev–Trinajstić information content (AvgIpc) is 2.55. The highest BCUT2D eigenvalue weighted by Gasteiger charge is 2.34. The third kappa shape index (κ3) is 5.17. The Morgan fingerprint density at radius 2 is 1.82 bits per heavy atom. The van der Waals surface area contributed by atoms with Gasteiger partial charge in [-0.05, 0) is 55.8 Å². The van der Waals surface area contributed by atoms with Gasteiger partial charge in [0, 0.05) is 10.7 Å². The Morgan fingerprint density at radius 1 is 1.18 bits per heavy atom. The normalized spacial score (nSPS) is 13.1. The third-order valence-corrected chi connectivity index (χ3v) is 5.44. The predicted molar refractivity (Wildman–Crippen MR) is 103 cm³/mol. The van der Waals surface area contributed by atoms with Gasteiger partial charge in [-0.25, -0.2) is 8.42 Å². The first-order valence-corrected chi connectivity index (χ1v) is 10.3. The van der Waals surface area contributed by atoms with E-state index in [1.165, 1.54) is 13.0 Å². The van der Waals surface area contributed by atoms with Crippen LogP contribution in [-0.2, 0) is 21.0 Å². The number of carbonyl (C=O) groups excluding carboxylic acids is 1. The van der Waals surface area contributed by atoms with Gasteiger partial charge < -0.3 is 5.32 Å². The van der Waals surface area contributed by atoms with Crippen molar-refractivity contribution in [2.75, 3.05) is 15.9 Å². The van der Waals surface area contributed by atoms with Crippen LogP contribution in [0.4, 0.5) is 24.5 Å². The lowest BCUT2D eigenvalue weighted by Crippen LogP contribution is -2.45. The first kappa shape index (κ1) is 22.0. The summed E-state index contributed by atoms with van der Waals surface area (Å²) in [5, 5.41) is 3.04. The van der Waals surface area contributed by atoms with Gasteiger partial charge >= 0.3 is 6.18 Å². The van der Waals surface area contributed by atoms with Crippen LogP contribution in [-0.4, -0.2) is 26.6 Å². The standard InChI is InChI=1S/C18H18ClF3N2O3S/c1-11-9-14(19)7-8-16(11)23-17(25)12(2)24(28(3,26)27)15-6-4-5-13(10-15)18(20,21)22/h4-10,12H,1-3H3,(H,23,25)/t12-/m1/s1. The van der Waals surface area contributed by atoms with Crippen LogP contribution < -0.4 is 9.62 Å². The van der Waals surface area contributed by atoms with E-state index in [2.05, 4.69) is 5.32 Å². The lowest BCUT2D eigenvalue weighted by molar-refractivity contribution is -0.137. The number of carbonyl (C=O) groups is 1. The van der Waals surface area contributed by atoms with E-state index >= 15 is 0 Å². The van der Waals surface area contributed by atoms with Crippen molar-refractivity contribution in [2.45, 2.75) is 26.1 Å². The van der Waals surface area contributed by atoms with E-state index in [0.29, 0.717) is 26.6 Å². The summed E-state index contributed by atoms with van der Waals surface area (Å²) in [5.74, 6) is -0.701. The van der Waals surface area contributed by atoms with Crippen LogP contribution in [0.2, 0.25) is 5.02 Å². The highest BCUT2D eigenvalue weighted by Crippen LogP contribution is 2.33. The third-order valence-electron chi connectivity index (χ3n) is 3.96. The summed E-state index contributed by atoms with van der Waals surface area (Å²) in [4.78, 5) is 12.6. The fourth-order valence-corrected chi connectivity index (χ4v) is 4.03. The molecule has 0 saturated heterocycles. The van der Waals surface area contributed by atoms with Crippen LogP contribution in [0.1, 0.15) is 18.1 Å². The maximum Gasteiger partial charge on any atom is 0.416 e. The molecular formula is C18H18ClF3N2O3S. The van der Waals surface area contributed by atoms with Crippen molar-refractivity contribution in [3.8, 4) is 0 Å². The highest BCUT2D eigenvalue weighted by molar-refractivity contribution is 7.92. The summed E-state index contributed by atoms with van der Waals surface area (Å²) < 4.78 is 64.1. The van der Waals surface area contributed by atoms with E-state index in [4.69, 9.17) is 11.6 Å². The number of sulfonamides is 1. The number of halogens is 4. The summed E-state index contributed by atoms with van der Waals surface area (Å²) in [5.41, 5.74) is -0.204. The fraction of sp³-hybridized carbons (Fsp3) is 0.278. The van der Waals surface area contributed by atoms with Gasteiger partial charge in [-0.15, -0.1) is 0 Å². The topological polar surface area (TPSA) is 66.5 Å². The lowest BCUT2D eigenvalue weighted by atomic mass is 10.1. The number of amides is 1. The summed E-state index contributed by atoms with van der Waals surface area (Å²) in [6.07, 6.45) is -3.82. The molecule has 152 valence electrons. The minimum absolute atomic E-state index is 0.257. The summed E-state index contributed by atoms with van der Waals surface area (Å²) >= 11 is 5.87. The SMILES string of the molecule is Cc1cc(Cl)ccc1NC(=O)[C@@H](C)N(c1cccc(C(F)(F)F)c1)S(C)(=O)=O. The number of aryl methyl sites for hydroxylation is 1. The first-order chi connectivity index (χ1) is 12.8. The minimum atomic E-state index is -4.65. The second-order valence-electron chi connectivity index (χ2n) is 6.23. The fourth-order valence-electron chi connectivity index (χ4n) is 2.63. The molecule has 0 fully saturated rings. The van der Waals surface area contributed by atoms with E-state index < -0.39 is 33.7 Å². The number of hydrogen-bond acceptors (Lipinski definition) is 3. The molecule has 0 saturated carbocycles. The zero-order valence-corrected chi connectivity index (χ0v) is 16.8. The van der Waals surface area contributed by atoms with Gasteiger partial charge in [0.1, 0.15) is 6.04 Å². The van der Waals surface area contributed by atoms with Crippen molar-refractivity contribution in [2.24, 2.45) is 0 Å². The van der Waals surface area contributed by atoms with E-state index in [0.717, 1.165) is 18.4 Å². The Balaban J connectivity index is 2.39. The first-order valence-electron chi connectivity index (χ1n) is 8.04. The van der Waals surface area contributed by atoms with Crippen molar-refractivity contribution < 1.29 is 26.4 Å². The lowest BCUT2D eigenvalue weighted by Gasteiger charge is -2.29. The number of benzene rings is 2. The van der Waals surface area contributed by atoms with Crippen LogP contribution >= 0.6 is 11.6 Å². The maximum absolute atomic E-state index is 13.0. The molecule has 28 heavy (non-hydrogen) atoms. The molecule has 2 aromatic carbocycles. The Labute approximate surface area is 166 Å². The summed E-state index contributed by atoms with van der Waals surface area (Å²) in [6.45, 7) is 3.00. The molecule has 2 rings (SSSR count). The van der Waals surface area contributed by atoms with Crippen LogP contribution in [0.25, 0.3) is 0 Å². The molecule has 1 atom stereocenters. The quantitative estimate of drug-likeness (QED) is 0.755. The minimum Gasteiger partial charge on any atom is -0.324 e. The van der Waals surface area contributed by atoms with Gasteiger partial charge in [0.25, 0.3) is 0 Å². The van der Waals surface area contributed by atoms with Crippen LogP contribution in [0.15, 0.2) is 42.5 Å². The van der Waals surface area contributed by atoms with Crippen LogP contribution in [0.3, 0.4) is 0 Å². The van der Waals surface area contributed by atoms with Gasteiger partial charge in [0.05, 0.1) is 17.5 Å². The molecule has 0 aliphatic rings. The zero-order chi connectivity index (χ0) is 21.3. The Morgan fingerprint density at radius 3 is 2.36 bits per heavy atom. The van der Waals surface area contributed by atoms with Crippen molar-refractivity contribution >= 4 is 38.9 Å². The van der Waals surface area contributed by atoms with Gasteiger partial charge in [0.15, 0.2) is 0 Å². The van der Waals surface area contributed by atoms with E-state index in [1.54, 1.807) is 25.1 Å². The molecule has 1 amide bonds. The molecule has 2 aromatic rings. The molecule has 10 heteroatoms. The number of nitrogens with one attached hydrogen (secondary N) is 1. The second kappa shape index (κ2) is 8.00. The van der Waals surface area contributed by atoms with Gasteiger partial charge in [-0.2, -0.15) is 13.2 Å². The van der Waals surface area contributed by atoms with E-state index in [9.17, 15) is 26.4 Å². The Bertz CT molecular complexity index is 994. The van der Waals surface area contributed by atoms with E-state index in [-0.39, 0.29) is 5.69 Å². The molecule has 0 spiro atoms. The molecule has 0 aliphatic carbocycles. The van der Waals surface area contributed by atoms with Crippen molar-refractivity contribution in [3.05, 3.63) is 58.6 Å². The molecule has 0 bridgehead atoms. The average molecular weight is 435 g/mol. The van der Waals surface area contributed by atoms with Crippen molar-refractivity contribution in [1.29, 1.82) is 0 Å². The number of alkyl halides is 3. The summed E-state index contributed by atoms with van der Waals surface area (Å²) in [6, 6.07) is 7.23. The molecule has 5 nitrogen and oxygen atoms in total. The number of anilines is 2. The Hall–Kier alpha value is -2.26. The largest absolute Gasteiger partial charge is 0.416 e. The smallest absolute Gasteiger partial charge is 0.324 e. The monoisotopic (exact) mass is 434 g/mol. The zero-order valence-electron chi connectivity index (χ0n) is 15.2. The predicted octanol–water partition coefficient (Wildman–Crippen LogP) is 4.46. The maximum atomic E-state index is 13.0. The van der Waals surface area contributed by atoms with E-state index in [1.807, 2.05) is 0 Å². The van der Waals surface area contributed by atoms with Crippen LogP contribution in [0.5, 0.6) is 0 Å². The molecular weight excluding hydrogens is 417 g/mol. The second-order valence-corrected chi connectivity index (χ2v) is 8.53. The molecule has 0 aliphatic heterocycles. The number of hydrogen-bond donors (Lipinski definition) is 1. The Kier molecular flexibility index (Phi) is 6.30. The van der Waals surface area contributed by atoms with Crippen LogP contribution in [0, 0.1) is 6.92 Å². The highest BCUT2D eigenvalue weighted by atomic mass is 35.5. The van der Waals surface area contributed by atoms with Crippen molar-refractivity contribution in [3.63, 3.8) is 0 Å². The van der Waals surface area contributed by atoms with Gasteiger partial charge in [-0.1, -0.05) is 17.7 Å². The molecule has 0 aromatic heterocycles. The number of nitrogens with zero attached hydrogens (tertiary/aromatic N) is 1. The van der Waals surface area contributed by atoms with Crippen molar-refractivity contribution in [1.82, 2.24) is 0 Å². The molecule has 0 heterocycles. The van der Waals surface area contributed by atoms with Gasteiger partial charge in [0.2, 0.25) is 15.9 Å².